The van der Waals surface area contributed by atoms with Gasteiger partial charge in [0.05, 0.1) is 18.6 Å². The van der Waals surface area contributed by atoms with Gasteiger partial charge in [-0.3, -0.25) is 4.79 Å². The van der Waals surface area contributed by atoms with E-state index >= 15 is 0 Å². The van der Waals surface area contributed by atoms with Crippen LogP contribution in [0.1, 0.15) is 36.9 Å². The van der Waals surface area contributed by atoms with Crippen molar-refractivity contribution in [1.29, 1.82) is 0 Å². The molecule has 2 unspecified atom stereocenters. The number of carboxylic acids is 1. The number of carbonyl (C=O) groups is 2. The van der Waals surface area contributed by atoms with E-state index in [1.165, 1.54) is 12.5 Å². The maximum atomic E-state index is 12.6. The van der Waals surface area contributed by atoms with E-state index in [1.807, 2.05) is 6.92 Å². The predicted octanol–water partition coefficient (Wildman–Crippen LogP) is 2.79. The summed E-state index contributed by atoms with van der Waals surface area (Å²) < 4.78 is 10.9. The van der Waals surface area contributed by atoms with Crippen LogP contribution in [0.5, 0.6) is 0 Å². The summed E-state index contributed by atoms with van der Waals surface area (Å²) in [4.78, 5) is 29.1. The fourth-order valence-corrected chi connectivity index (χ4v) is 3.97. The molecule has 8 heteroatoms. The first-order valence-corrected chi connectivity index (χ1v) is 8.80. The molecule has 1 saturated carbocycles. The highest BCUT2D eigenvalue weighted by molar-refractivity contribution is 7.16. The molecule has 0 bridgehead atoms. The van der Waals surface area contributed by atoms with Crippen LogP contribution in [-0.2, 0) is 9.53 Å². The predicted molar refractivity (Wildman–Crippen MR) is 91.5 cm³/mol. The van der Waals surface area contributed by atoms with Crippen LogP contribution in [0.4, 0.5) is 0 Å². The lowest BCUT2D eigenvalue weighted by Gasteiger charge is -2.58. The van der Waals surface area contributed by atoms with Gasteiger partial charge in [0.15, 0.2) is 10.8 Å². The van der Waals surface area contributed by atoms with E-state index in [-0.39, 0.29) is 12.5 Å². The maximum Gasteiger partial charge on any atom is 0.330 e. The van der Waals surface area contributed by atoms with Crippen LogP contribution < -0.4 is 5.32 Å². The number of nitrogens with one attached hydrogen (secondary N) is 1. The fraction of sp³-hybridized carbons (Fsp3) is 0.471. The van der Waals surface area contributed by atoms with Crippen molar-refractivity contribution in [2.45, 2.75) is 38.8 Å². The molecule has 0 saturated heterocycles. The number of carbonyl (C=O) groups excluding carboxylic acids is 1. The standard InChI is InChI=1S/C17H20N2O5S/c1-4-23-12-8-17(15(21)22,16(12,2)3)19-13(20)11-9-18-14(25-11)10-6-5-7-24-10/h5-7,9,12H,4,8H2,1-3H3,(H,19,20)(H,21,22). The van der Waals surface area contributed by atoms with Crippen LogP contribution in [0.3, 0.4) is 0 Å². The van der Waals surface area contributed by atoms with Gasteiger partial charge in [-0.15, -0.1) is 11.3 Å². The number of rotatable bonds is 6. The van der Waals surface area contributed by atoms with Crippen molar-refractivity contribution >= 4 is 23.2 Å². The summed E-state index contributed by atoms with van der Waals surface area (Å²) in [7, 11) is 0. The molecular weight excluding hydrogens is 344 g/mol. The van der Waals surface area contributed by atoms with Crippen LogP contribution >= 0.6 is 11.3 Å². The Morgan fingerprint density at radius 1 is 1.52 bits per heavy atom. The average molecular weight is 364 g/mol. The third-order valence-corrected chi connectivity index (χ3v) is 5.93. The molecule has 1 aliphatic rings. The Kier molecular flexibility index (Phi) is 4.42. The Bertz CT molecular complexity index is 783. The summed E-state index contributed by atoms with van der Waals surface area (Å²) >= 11 is 1.16. The van der Waals surface area contributed by atoms with Gasteiger partial charge in [-0.05, 0) is 19.1 Å². The van der Waals surface area contributed by atoms with E-state index in [4.69, 9.17) is 9.15 Å². The summed E-state index contributed by atoms with van der Waals surface area (Å²) in [5, 5.41) is 13.0. The van der Waals surface area contributed by atoms with Crippen molar-refractivity contribution < 1.29 is 23.8 Å². The summed E-state index contributed by atoms with van der Waals surface area (Å²) in [5.74, 6) is -0.948. The molecule has 7 nitrogen and oxygen atoms in total. The quantitative estimate of drug-likeness (QED) is 0.817. The van der Waals surface area contributed by atoms with E-state index in [0.717, 1.165) is 11.3 Å². The molecule has 0 aromatic carbocycles. The van der Waals surface area contributed by atoms with E-state index < -0.39 is 22.8 Å². The zero-order chi connectivity index (χ0) is 18.2. The van der Waals surface area contributed by atoms with Crippen molar-refractivity contribution in [2.75, 3.05) is 6.61 Å². The molecular formula is C17H20N2O5S. The molecule has 134 valence electrons. The van der Waals surface area contributed by atoms with Gasteiger partial charge in [0.2, 0.25) is 0 Å². The first-order valence-electron chi connectivity index (χ1n) is 7.99. The fourth-order valence-electron chi connectivity index (χ4n) is 3.19. The monoisotopic (exact) mass is 364 g/mol. The zero-order valence-electron chi connectivity index (χ0n) is 14.2. The van der Waals surface area contributed by atoms with Crippen molar-refractivity contribution in [3.63, 3.8) is 0 Å². The van der Waals surface area contributed by atoms with Gasteiger partial charge < -0.3 is 19.6 Å². The minimum Gasteiger partial charge on any atom is -0.479 e. The van der Waals surface area contributed by atoms with Crippen molar-refractivity contribution in [2.24, 2.45) is 5.41 Å². The third-order valence-electron chi connectivity index (χ3n) is 4.92. The van der Waals surface area contributed by atoms with Gasteiger partial charge in [0, 0.05) is 18.4 Å². The molecule has 0 radical (unpaired) electrons. The Morgan fingerprint density at radius 3 is 2.84 bits per heavy atom. The van der Waals surface area contributed by atoms with Crippen LogP contribution in [0.25, 0.3) is 10.8 Å². The van der Waals surface area contributed by atoms with Gasteiger partial charge in [-0.25, -0.2) is 9.78 Å². The summed E-state index contributed by atoms with van der Waals surface area (Å²) in [6.45, 7) is 5.96. The largest absolute Gasteiger partial charge is 0.479 e. The topological polar surface area (TPSA) is 102 Å². The van der Waals surface area contributed by atoms with E-state index in [9.17, 15) is 14.7 Å². The number of nitrogens with zero attached hydrogens (tertiary/aromatic N) is 1. The SMILES string of the molecule is CCOC1CC(NC(=O)c2cnc(-c3ccco3)s2)(C(=O)O)C1(C)C. The molecule has 2 aromatic heterocycles. The van der Waals surface area contributed by atoms with Crippen LogP contribution in [0, 0.1) is 5.41 Å². The summed E-state index contributed by atoms with van der Waals surface area (Å²) in [6.07, 6.45) is 2.98. The molecule has 2 N–H and O–H groups in total. The minimum absolute atomic E-state index is 0.214. The van der Waals surface area contributed by atoms with Crippen LogP contribution in [0.2, 0.25) is 0 Å². The highest BCUT2D eigenvalue weighted by Gasteiger charge is 2.66. The first-order chi connectivity index (χ1) is 11.8. The average Bonchev–Trinajstić information content (AvgIpc) is 3.23. The summed E-state index contributed by atoms with van der Waals surface area (Å²) in [6, 6.07) is 3.49. The number of carboxylic acid groups (broad SMARTS) is 1. The normalized spacial score (nSPS) is 24.5. The Labute approximate surface area is 149 Å². The van der Waals surface area contributed by atoms with Crippen LogP contribution in [-0.4, -0.2) is 40.2 Å². The van der Waals surface area contributed by atoms with Crippen molar-refractivity contribution in [3.05, 3.63) is 29.5 Å². The van der Waals surface area contributed by atoms with Gasteiger partial charge in [0.25, 0.3) is 5.91 Å². The second-order valence-corrected chi connectivity index (χ2v) is 7.57. The summed E-state index contributed by atoms with van der Waals surface area (Å²) in [5.41, 5.74) is -2.09. The molecule has 1 amide bonds. The second kappa shape index (κ2) is 6.27. The van der Waals surface area contributed by atoms with Gasteiger partial charge in [-0.2, -0.15) is 0 Å². The smallest absolute Gasteiger partial charge is 0.330 e. The molecule has 1 fully saturated rings. The third kappa shape index (κ3) is 2.75. The maximum absolute atomic E-state index is 12.6. The molecule has 2 atom stereocenters. The van der Waals surface area contributed by atoms with Crippen molar-refractivity contribution in [3.8, 4) is 10.8 Å². The lowest BCUT2D eigenvalue weighted by molar-refractivity contribution is -0.190. The number of amides is 1. The molecule has 1 aliphatic carbocycles. The number of thiazole rings is 1. The van der Waals surface area contributed by atoms with E-state index in [1.54, 1.807) is 26.0 Å². The second-order valence-electron chi connectivity index (χ2n) is 6.54. The Hall–Kier alpha value is -2.19. The van der Waals surface area contributed by atoms with E-state index in [2.05, 4.69) is 10.3 Å². The number of aliphatic carboxylic acids is 1. The van der Waals surface area contributed by atoms with Gasteiger partial charge >= 0.3 is 5.97 Å². The lowest BCUT2D eigenvalue weighted by atomic mass is 9.54. The molecule has 0 aliphatic heterocycles. The molecule has 2 aromatic rings. The van der Waals surface area contributed by atoms with Gasteiger partial charge in [0.1, 0.15) is 10.4 Å². The first kappa shape index (κ1) is 17.6. The Morgan fingerprint density at radius 2 is 2.28 bits per heavy atom. The van der Waals surface area contributed by atoms with Gasteiger partial charge in [-0.1, -0.05) is 13.8 Å². The lowest BCUT2D eigenvalue weighted by Crippen LogP contribution is -2.76. The van der Waals surface area contributed by atoms with Crippen molar-refractivity contribution in [1.82, 2.24) is 10.3 Å². The number of aromatic nitrogens is 1. The van der Waals surface area contributed by atoms with E-state index in [0.29, 0.717) is 22.3 Å². The number of furan rings is 1. The Balaban J connectivity index is 1.80. The number of hydrogen-bond donors (Lipinski definition) is 2. The molecule has 2 heterocycles. The highest BCUT2D eigenvalue weighted by Crippen LogP contribution is 2.51. The molecule has 3 rings (SSSR count). The number of hydrogen-bond acceptors (Lipinski definition) is 6. The van der Waals surface area contributed by atoms with Crippen LogP contribution in [0.15, 0.2) is 29.0 Å². The zero-order valence-corrected chi connectivity index (χ0v) is 15.1. The number of ether oxygens (including phenoxy) is 1. The highest BCUT2D eigenvalue weighted by atomic mass is 32.1. The molecule has 0 spiro atoms. The molecule has 25 heavy (non-hydrogen) atoms. The minimum atomic E-state index is -1.36.